The fourth-order valence-electron chi connectivity index (χ4n) is 2.29. The van der Waals surface area contributed by atoms with Crippen molar-refractivity contribution >= 4 is 21.5 Å². The Morgan fingerprint density at radius 2 is 1.90 bits per heavy atom. The third kappa shape index (κ3) is 4.46. The molecular weight excluding hydrogens is 290 g/mol. The van der Waals surface area contributed by atoms with Gasteiger partial charge >= 0.3 is 5.97 Å². The molecule has 1 fully saturated rings. The minimum absolute atomic E-state index is 0.0580. The van der Waals surface area contributed by atoms with Gasteiger partial charge in [0.15, 0.2) is 9.84 Å². The zero-order chi connectivity index (χ0) is 15.5. The van der Waals surface area contributed by atoms with Crippen molar-refractivity contribution in [3.05, 3.63) is 24.3 Å². The van der Waals surface area contributed by atoms with E-state index in [2.05, 4.69) is 0 Å². The predicted molar refractivity (Wildman–Crippen MR) is 81.4 cm³/mol. The summed E-state index contributed by atoms with van der Waals surface area (Å²) in [7, 11) is -3.22. The zero-order valence-electron chi connectivity index (χ0n) is 12.2. The number of sulfone groups is 1. The molecule has 5 nitrogen and oxygen atoms in total. The van der Waals surface area contributed by atoms with Crippen molar-refractivity contribution in [3.8, 4) is 0 Å². The molecule has 116 valence electrons. The summed E-state index contributed by atoms with van der Waals surface area (Å²) in [5.74, 6) is -0.182. The van der Waals surface area contributed by atoms with Crippen LogP contribution in [-0.2, 0) is 14.6 Å². The van der Waals surface area contributed by atoms with E-state index in [1.807, 2.05) is 6.92 Å². The molecule has 0 radical (unpaired) electrons. The standard InChI is InChI=1S/C15H21NO4S/c1-2-9-21(19,20)14-7-5-13(6-8-14)16(11-15(17)18)10-12-3-4-12/h5-8,12H,2-4,9-11H2,1H3,(H,17,18). The van der Waals surface area contributed by atoms with Crippen LogP contribution >= 0.6 is 0 Å². The first-order chi connectivity index (χ1) is 9.92. The maximum Gasteiger partial charge on any atom is 0.323 e. The van der Waals surface area contributed by atoms with E-state index in [4.69, 9.17) is 5.11 Å². The van der Waals surface area contributed by atoms with Crippen LogP contribution in [0.3, 0.4) is 0 Å². The maximum atomic E-state index is 12.0. The third-order valence-electron chi connectivity index (χ3n) is 3.54. The van der Waals surface area contributed by atoms with Gasteiger partial charge in [-0.1, -0.05) is 6.92 Å². The van der Waals surface area contributed by atoms with E-state index in [1.165, 1.54) is 0 Å². The number of rotatable bonds is 8. The Labute approximate surface area is 125 Å². The van der Waals surface area contributed by atoms with Crippen molar-refractivity contribution in [2.75, 3.05) is 23.7 Å². The highest BCUT2D eigenvalue weighted by molar-refractivity contribution is 7.91. The van der Waals surface area contributed by atoms with Crippen molar-refractivity contribution in [2.45, 2.75) is 31.1 Å². The van der Waals surface area contributed by atoms with Crippen LogP contribution < -0.4 is 4.90 Å². The average molecular weight is 311 g/mol. The lowest BCUT2D eigenvalue weighted by Crippen LogP contribution is -2.31. The van der Waals surface area contributed by atoms with Gasteiger partial charge in [0.1, 0.15) is 6.54 Å². The summed E-state index contributed by atoms with van der Waals surface area (Å²) in [6, 6.07) is 6.55. The monoisotopic (exact) mass is 311 g/mol. The number of carboxylic acid groups (broad SMARTS) is 1. The van der Waals surface area contributed by atoms with E-state index in [0.717, 1.165) is 18.5 Å². The molecule has 1 aromatic rings. The Kier molecular flexibility index (Phi) is 4.88. The summed E-state index contributed by atoms with van der Waals surface area (Å²) >= 11 is 0. The molecule has 6 heteroatoms. The Morgan fingerprint density at radius 3 is 2.38 bits per heavy atom. The van der Waals surface area contributed by atoms with Crippen molar-refractivity contribution < 1.29 is 18.3 Å². The van der Waals surface area contributed by atoms with Crippen molar-refractivity contribution in [1.82, 2.24) is 0 Å². The number of aliphatic carboxylic acids is 1. The maximum absolute atomic E-state index is 12.0. The average Bonchev–Trinajstić information content (AvgIpc) is 3.21. The van der Waals surface area contributed by atoms with Gasteiger partial charge in [-0.2, -0.15) is 0 Å². The van der Waals surface area contributed by atoms with Gasteiger partial charge in [0.25, 0.3) is 0 Å². The van der Waals surface area contributed by atoms with Crippen LogP contribution in [0.4, 0.5) is 5.69 Å². The van der Waals surface area contributed by atoms with Crippen molar-refractivity contribution in [2.24, 2.45) is 5.92 Å². The first-order valence-corrected chi connectivity index (χ1v) is 8.87. The molecular formula is C15H21NO4S. The highest BCUT2D eigenvalue weighted by atomic mass is 32.2. The van der Waals surface area contributed by atoms with Crippen LogP contribution in [0.15, 0.2) is 29.2 Å². The Morgan fingerprint density at radius 1 is 1.29 bits per heavy atom. The molecule has 0 spiro atoms. The largest absolute Gasteiger partial charge is 0.480 e. The first kappa shape index (κ1) is 15.8. The quantitative estimate of drug-likeness (QED) is 0.796. The lowest BCUT2D eigenvalue weighted by atomic mass is 10.2. The van der Waals surface area contributed by atoms with E-state index >= 15 is 0 Å². The molecule has 21 heavy (non-hydrogen) atoms. The fraction of sp³-hybridized carbons (Fsp3) is 0.533. The van der Waals surface area contributed by atoms with Crippen LogP contribution in [0.25, 0.3) is 0 Å². The van der Waals surface area contributed by atoms with E-state index in [1.54, 1.807) is 29.2 Å². The molecule has 1 saturated carbocycles. The number of nitrogens with zero attached hydrogens (tertiary/aromatic N) is 1. The van der Waals surface area contributed by atoms with Gasteiger partial charge < -0.3 is 10.0 Å². The number of carboxylic acids is 1. The normalized spacial score (nSPS) is 14.9. The minimum atomic E-state index is -3.22. The lowest BCUT2D eigenvalue weighted by molar-refractivity contribution is -0.135. The topological polar surface area (TPSA) is 74.7 Å². The van der Waals surface area contributed by atoms with Gasteiger partial charge in [0, 0.05) is 12.2 Å². The highest BCUT2D eigenvalue weighted by Gasteiger charge is 2.25. The molecule has 1 aliphatic rings. The van der Waals surface area contributed by atoms with Gasteiger partial charge in [-0.3, -0.25) is 4.79 Å². The predicted octanol–water partition coefficient (Wildman–Crippen LogP) is 2.17. The fourth-order valence-corrected chi connectivity index (χ4v) is 3.61. The summed E-state index contributed by atoms with van der Waals surface area (Å²) in [6.07, 6.45) is 2.86. The van der Waals surface area contributed by atoms with Crippen molar-refractivity contribution in [3.63, 3.8) is 0 Å². The zero-order valence-corrected chi connectivity index (χ0v) is 13.0. The molecule has 0 unspecified atom stereocenters. The molecule has 1 aliphatic carbocycles. The smallest absolute Gasteiger partial charge is 0.323 e. The summed E-state index contributed by atoms with van der Waals surface area (Å²) in [4.78, 5) is 13.1. The number of hydrogen-bond donors (Lipinski definition) is 1. The highest BCUT2D eigenvalue weighted by Crippen LogP contribution is 2.31. The molecule has 0 bridgehead atoms. The number of carbonyl (C=O) groups is 1. The van der Waals surface area contributed by atoms with Gasteiger partial charge in [-0.15, -0.1) is 0 Å². The second-order valence-corrected chi connectivity index (χ2v) is 7.64. The number of hydrogen-bond acceptors (Lipinski definition) is 4. The van der Waals surface area contributed by atoms with E-state index in [9.17, 15) is 13.2 Å². The second-order valence-electron chi connectivity index (χ2n) is 5.53. The van der Waals surface area contributed by atoms with E-state index in [0.29, 0.717) is 23.8 Å². The van der Waals surface area contributed by atoms with Crippen LogP contribution in [0.5, 0.6) is 0 Å². The van der Waals surface area contributed by atoms with Crippen molar-refractivity contribution in [1.29, 1.82) is 0 Å². The van der Waals surface area contributed by atoms with Crippen LogP contribution in [-0.4, -0.2) is 38.3 Å². The number of benzene rings is 1. The molecule has 0 heterocycles. The summed E-state index contributed by atoms with van der Waals surface area (Å²) in [5.41, 5.74) is 0.764. The van der Waals surface area contributed by atoms with Crippen LogP contribution in [0.2, 0.25) is 0 Å². The molecule has 0 saturated heterocycles. The minimum Gasteiger partial charge on any atom is -0.480 e. The van der Waals surface area contributed by atoms with Crippen LogP contribution in [0, 0.1) is 5.92 Å². The number of anilines is 1. The first-order valence-electron chi connectivity index (χ1n) is 7.22. The van der Waals surface area contributed by atoms with Gasteiger partial charge in [-0.25, -0.2) is 8.42 Å². The second kappa shape index (κ2) is 6.47. The van der Waals surface area contributed by atoms with Gasteiger partial charge in [-0.05, 0) is 49.4 Å². The molecule has 0 aromatic heterocycles. The molecule has 1 N–H and O–H groups in total. The molecule has 1 aromatic carbocycles. The van der Waals surface area contributed by atoms with Crippen LogP contribution in [0.1, 0.15) is 26.2 Å². The van der Waals surface area contributed by atoms with E-state index < -0.39 is 15.8 Å². The summed E-state index contributed by atoms with van der Waals surface area (Å²) in [5, 5.41) is 8.99. The van der Waals surface area contributed by atoms with Gasteiger partial charge in [0.05, 0.1) is 10.6 Å². The molecule has 0 amide bonds. The van der Waals surface area contributed by atoms with E-state index in [-0.39, 0.29) is 12.3 Å². The summed E-state index contributed by atoms with van der Waals surface area (Å²) in [6.45, 7) is 2.49. The SMILES string of the molecule is CCCS(=O)(=O)c1ccc(N(CC(=O)O)CC2CC2)cc1. The Balaban J connectivity index is 2.16. The molecule has 2 rings (SSSR count). The molecule has 0 atom stereocenters. The molecule has 0 aliphatic heterocycles. The van der Waals surface area contributed by atoms with Gasteiger partial charge in [0.2, 0.25) is 0 Å². The lowest BCUT2D eigenvalue weighted by Gasteiger charge is -2.23. The summed E-state index contributed by atoms with van der Waals surface area (Å²) < 4.78 is 23.9. The Bertz CT molecular complexity index is 591. The third-order valence-corrected chi connectivity index (χ3v) is 5.47. The Hall–Kier alpha value is -1.56.